The van der Waals surface area contributed by atoms with Crippen LogP contribution in [0.1, 0.15) is 105 Å². The molecule has 0 amide bonds. The first-order chi connectivity index (χ1) is 23.6. The molecule has 7 heteroatoms. The minimum absolute atomic E-state index is 0. The summed E-state index contributed by atoms with van der Waals surface area (Å²) in [6.45, 7) is 20.1. The molecule has 0 aliphatic rings. The minimum Gasteiger partial charge on any atom is -0.512 e. The summed E-state index contributed by atoms with van der Waals surface area (Å²) in [7, 11) is 0. The Kier molecular flexibility index (Phi) is 14.7. The smallest absolute Gasteiger partial charge is 0.243 e. The van der Waals surface area contributed by atoms with Crippen molar-refractivity contribution in [1.29, 1.82) is 0 Å². The summed E-state index contributed by atoms with van der Waals surface area (Å²) in [4.78, 5) is 16.5. The maximum atomic E-state index is 13.6. The van der Waals surface area contributed by atoms with Crippen LogP contribution in [-0.2, 0) is 36.7 Å². The standard InChI is InChI=1S/C31H30F2NS.C13H24O2.Ir/c1-18-20(17-31(5,6)29(32)33)11-12-23-24-13-14-34-26(28(24)35-27(18)23)21-15-19-9-7-8-10-22(19)25(16-21)30(2,3)4;1-5-10(6-2)12(14)9-13(15)11(7-3)8-4;/h7-14,16,29H,17H2,1-6H3;9-11,14H,5-8H2,1-4H3;/q-1;;/b;12-9-;. The molecule has 1 N–H and O–H groups in total. The maximum Gasteiger partial charge on any atom is 0.243 e. The molecular formula is C44H54F2IrNO2S-. The fourth-order valence-corrected chi connectivity index (χ4v) is 7.97. The van der Waals surface area contributed by atoms with E-state index in [0.29, 0.717) is 6.42 Å². The fraction of sp³-hybridized carbons (Fsp3) is 0.455. The second-order valence-corrected chi connectivity index (χ2v) is 16.2. The summed E-state index contributed by atoms with van der Waals surface area (Å²) < 4.78 is 29.4. The van der Waals surface area contributed by atoms with Gasteiger partial charge in [0.2, 0.25) is 6.43 Å². The molecule has 2 heterocycles. The second kappa shape index (κ2) is 17.7. The number of fused-ring (bicyclic) bond motifs is 4. The number of hydrogen-bond donors (Lipinski definition) is 1. The molecule has 51 heavy (non-hydrogen) atoms. The number of aromatic nitrogens is 1. The largest absolute Gasteiger partial charge is 0.512 e. The molecule has 0 saturated carbocycles. The van der Waals surface area contributed by atoms with Crippen LogP contribution in [0.2, 0.25) is 0 Å². The van der Waals surface area contributed by atoms with Crippen molar-refractivity contribution in [3.05, 3.63) is 89.3 Å². The van der Waals surface area contributed by atoms with Gasteiger partial charge in [-0.1, -0.05) is 104 Å². The van der Waals surface area contributed by atoms with Gasteiger partial charge in [0.05, 0.1) is 5.76 Å². The Balaban J connectivity index is 0.000000374. The van der Waals surface area contributed by atoms with E-state index in [1.165, 1.54) is 17.0 Å². The van der Waals surface area contributed by atoms with Crippen LogP contribution in [0, 0.1) is 30.2 Å². The number of halogens is 2. The first-order valence-electron chi connectivity index (χ1n) is 18.1. The molecule has 0 aliphatic carbocycles. The van der Waals surface area contributed by atoms with E-state index in [-0.39, 0.29) is 48.9 Å². The molecule has 1 radical (unpaired) electrons. The van der Waals surface area contributed by atoms with Gasteiger partial charge in [0, 0.05) is 70.1 Å². The second-order valence-electron chi connectivity index (χ2n) is 15.2. The van der Waals surface area contributed by atoms with E-state index in [0.717, 1.165) is 73.6 Å². The van der Waals surface area contributed by atoms with Crippen LogP contribution in [0.25, 0.3) is 42.2 Å². The number of carbonyl (C=O) groups excluding carboxylic acids is 1. The quantitative estimate of drug-likeness (QED) is 0.0816. The van der Waals surface area contributed by atoms with Crippen molar-refractivity contribution in [2.45, 2.75) is 113 Å². The van der Waals surface area contributed by atoms with Crippen molar-refractivity contribution in [3.63, 3.8) is 0 Å². The molecular weight excluding hydrogens is 837 g/mol. The van der Waals surface area contributed by atoms with E-state index in [2.05, 4.69) is 70.2 Å². The Labute approximate surface area is 321 Å². The molecule has 277 valence electrons. The SMILES string of the molecule is CCC(CC)C(=O)/C=C(\O)C(CC)CC.Cc1c(CC(C)(C)C(F)F)ccc2c1sc1c(-c3[c-]c4ccccc4c(C(C)(C)C)c3)nccc12.[Ir]. The number of benzene rings is 3. The number of ketones is 1. The molecule has 0 saturated heterocycles. The predicted octanol–water partition coefficient (Wildman–Crippen LogP) is 13.4. The van der Waals surface area contributed by atoms with Crippen LogP contribution >= 0.6 is 11.3 Å². The van der Waals surface area contributed by atoms with Crippen molar-refractivity contribution < 1.29 is 38.8 Å². The van der Waals surface area contributed by atoms with Gasteiger partial charge in [0.25, 0.3) is 0 Å². The van der Waals surface area contributed by atoms with Gasteiger partial charge in [-0.25, -0.2) is 8.78 Å². The predicted molar refractivity (Wildman–Crippen MR) is 210 cm³/mol. The number of alkyl halides is 2. The van der Waals surface area contributed by atoms with E-state index >= 15 is 0 Å². The third-order valence-electron chi connectivity index (χ3n) is 10.1. The number of pyridine rings is 1. The summed E-state index contributed by atoms with van der Waals surface area (Å²) >= 11 is 1.71. The van der Waals surface area contributed by atoms with Crippen molar-refractivity contribution >= 4 is 48.1 Å². The van der Waals surface area contributed by atoms with Crippen LogP contribution in [0.3, 0.4) is 0 Å². The van der Waals surface area contributed by atoms with E-state index in [9.17, 15) is 18.7 Å². The zero-order valence-corrected chi connectivity index (χ0v) is 35.1. The number of rotatable bonds is 11. The van der Waals surface area contributed by atoms with Gasteiger partial charge in [0.1, 0.15) is 0 Å². The summed E-state index contributed by atoms with van der Waals surface area (Å²) in [5.41, 5.74) is 4.16. The number of carbonyl (C=O) groups is 1. The fourth-order valence-electron chi connectivity index (χ4n) is 6.65. The molecule has 2 aromatic heterocycles. The van der Waals surface area contributed by atoms with E-state index < -0.39 is 11.8 Å². The first kappa shape index (κ1) is 42.4. The van der Waals surface area contributed by atoms with Gasteiger partial charge in [-0.3, -0.25) is 9.78 Å². The van der Waals surface area contributed by atoms with Crippen LogP contribution in [0.15, 0.2) is 66.6 Å². The monoisotopic (exact) mass is 891 g/mol. The normalized spacial score (nSPS) is 12.6. The Morgan fingerprint density at radius 3 is 2.08 bits per heavy atom. The number of aliphatic hydroxyl groups excluding tert-OH is 1. The van der Waals surface area contributed by atoms with E-state index in [1.807, 2.05) is 46.0 Å². The summed E-state index contributed by atoms with van der Waals surface area (Å²) in [6, 6.07) is 20.4. The van der Waals surface area contributed by atoms with Crippen LogP contribution in [0.4, 0.5) is 8.78 Å². The van der Waals surface area contributed by atoms with Crippen molar-refractivity contribution in [2.75, 3.05) is 0 Å². The van der Waals surface area contributed by atoms with Gasteiger partial charge < -0.3 is 5.11 Å². The number of aryl methyl sites for hydroxylation is 1. The number of thiophene rings is 1. The summed E-state index contributed by atoms with van der Waals surface area (Å²) in [5.74, 6) is 0.547. The molecule has 0 bridgehead atoms. The Hall–Kier alpha value is -2.99. The molecule has 3 nitrogen and oxygen atoms in total. The summed E-state index contributed by atoms with van der Waals surface area (Å²) in [5, 5.41) is 14.4. The zero-order chi connectivity index (χ0) is 37.0. The number of allylic oxidation sites excluding steroid dienone is 2. The minimum atomic E-state index is -2.36. The molecule has 3 aromatic carbocycles. The Morgan fingerprint density at radius 1 is 0.882 bits per heavy atom. The Bertz CT molecular complexity index is 1980. The Morgan fingerprint density at radius 2 is 1.49 bits per heavy atom. The van der Waals surface area contributed by atoms with Crippen LogP contribution in [-0.4, -0.2) is 22.3 Å². The van der Waals surface area contributed by atoms with Crippen molar-refractivity contribution in [1.82, 2.24) is 4.98 Å². The van der Waals surface area contributed by atoms with Crippen LogP contribution in [0.5, 0.6) is 0 Å². The van der Waals surface area contributed by atoms with Gasteiger partial charge >= 0.3 is 0 Å². The molecule has 5 aromatic rings. The van der Waals surface area contributed by atoms with Gasteiger partial charge in [0.15, 0.2) is 5.78 Å². The third-order valence-corrected chi connectivity index (χ3v) is 11.4. The topological polar surface area (TPSA) is 50.2 Å². The average molecular weight is 891 g/mol. The van der Waals surface area contributed by atoms with Gasteiger partial charge in [-0.2, -0.15) is 0 Å². The first-order valence-corrected chi connectivity index (χ1v) is 18.9. The molecule has 0 spiro atoms. The summed E-state index contributed by atoms with van der Waals surface area (Å²) in [6.07, 6.45) is 4.76. The molecule has 0 fully saturated rings. The van der Waals surface area contributed by atoms with Gasteiger partial charge in [-0.05, 0) is 67.0 Å². The molecule has 5 rings (SSSR count). The van der Waals surface area contributed by atoms with E-state index in [1.54, 1.807) is 25.2 Å². The average Bonchev–Trinajstić information content (AvgIpc) is 3.46. The van der Waals surface area contributed by atoms with E-state index in [4.69, 9.17) is 4.98 Å². The molecule has 0 unspecified atom stereocenters. The maximum absolute atomic E-state index is 13.6. The number of aliphatic hydroxyl groups is 1. The number of hydrogen-bond acceptors (Lipinski definition) is 4. The molecule has 0 aliphatic heterocycles. The van der Waals surface area contributed by atoms with Crippen LogP contribution < -0.4 is 0 Å². The number of nitrogens with zero attached hydrogens (tertiary/aromatic N) is 1. The van der Waals surface area contributed by atoms with Gasteiger partial charge in [-0.15, -0.1) is 40.5 Å². The zero-order valence-electron chi connectivity index (χ0n) is 31.8. The third kappa shape index (κ3) is 9.52. The molecule has 0 atom stereocenters. The van der Waals surface area contributed by atoms with Crippen molar-refractivity contribution in [3.8, 4) is 11.3 Å². The van der Waals surface area contributed by atoms with Crippen molar-refractivity contribution in [2.24, 2.45) is 17.3 Å².